The van der Waals surface area contributed by atoms with Crippen molar-refractivity contribution in [2.45, 2.75) is 0 Å². The van der Waals surface area contributed by atoms with E-state index in [4.69, 9.17) is 5.11 Å². The molecule has 2 aromatic rings. The summed E-state index contributed by atoms with van der Waals surface area (Å²) >= 11 is 1.42. The quantitative estimate of drug-likeness (QED) is 0.886. The van der Waals surface area contributed by atoms with Gasteiger partial charge in [-0.25, -0.2) is 4.39 Å². The molecule has 0 aliphatic rings. The van der Waals surface area contributed by atoms with Gasteiger partial charge in [-0.05, 0) is 24.3 Å². The third-order valence-electron chi connectivity index (χ3n) is 2.03. The molecule has 0 bridgehead atoms. The summed E-state index contributed by atoms with van der Waals surface area (Å²) in [7, 11) is 0. The number of aromatic nitrogens is 1. The lowest BCUT2D eigenvalue weighted by Gasteiger charge is -1.93. The van der Waals surface area contributed by atoms with Gasteiger partial charge in [-0.15, -0.1) is 11.3 Å². The summed E-state index contributed by atoms with van der Waals surface area (Å²) in [6, 6.07) is 7.51. The molecule has 2 aromatic heterocycles. The second kappa shape index (κ2) is 5.01. The van der Waals surface area contributed by atoms with Gasteiger partial charge in [0.05, 0.1) is 12.3 Å². The van der Waals surface area contributed by atoms with Crippen molar-refractivity contribution in [2.75, 3.05) is 6.61 Å². The number of aliphatic hydroxyl groups is 1. The summed E-state index contributed by atoms with van der Waals surface area (Å²) in [5.74, 6) is -0.533. The van der Waals surface area contributed by atoms with Crippen LogP contribution >= 0.6 is 11.3 Å². The van der Waals surface area contributed by atoms with Crippen molar-refractivity contribution < 1.29 is 9.50 Å². The molecule has 2 heterocycles. The number of nitrogens with zero attached hydrogens (tertiary/aromatic N) is 1. The van der Waals surface area contributed by atoms with Crippen LogP contribution in [0.3, 0.4) is 0 Å². The predicted molar refractivity (Wildman–Crippen MR) is 63.7 cm³/mol. The van der Waals surface area contributed by atoms with Crippen LogP contribution in [0.4, 0.5) is 4.39 Å². The molecule has 0 saturated heterocycles. The van der Waals surface area contributed by atoms with Crippen molar-refractivity contribution in [3.05, 3.63) is 46.5 Å². The Labute approximate surface area is 96.7 Å². The number of pyridine rings is 1. The molecule has 4 heteroatoms. The largest absolute Gasteiger partial charge is 0.389 e. The van der Waals surface area contributed by atoms with Gasteiger partial charge in [0.25, 0.3) is 0 Å². The molecule has 0 fully saturated rings. The first-order valence-corrected chi connectivity index (χ1v) is 5.64. The van der Waals surface area contributed by atoms with Crippen molar-refractivity contribution in [1.82, 2.24) is 4.98 Å². The standard InChI is InChI=1S/C12H10FNOS/c13-10(7-15)6-11-5-9(8-16-11)12-3-1-2-4-14-12/h1-6,8,15H,7H2. The lowest BCUT2D eigenvalue weighted by atomic mass is 10.2. The van der Waals surface area contributed by atoms with Crippen LogP contribution in [0, 0.1) is 0 Å². The highest BCUT2D eigenvalue weighted by molar-refractivity contribution is 7.11. The topological polar surface area (TPSA) is 33.1 Å². The fraction of sp³-hybridized carbons (Fsp3) is 0.0833. The van der Waals surface area contributed by atoms with Crippen molar-refractivity contribution in [3.8, 4) is 11.3 Å². The Morgan fingerprint density at radius 3 is 3.06 bits per heavy atom. The molecular weight excluding hydrogens is 225 g/mol. The first-order valence-electron chi connectivity index (χ1n) is 4.76. The maximum Gasteiger partial charge on any atom is 0.127 e. The average Bonchev–Trinajstić information content (AvgIpc) is 2.78. The summed E-state index contributed by atoms with van der Waals surface area (Å²) in [5.41, 5.74) is 1.82. The Morgan fingerprint density at radius 2 is 2.38 bits per heavy atom. The highest BCUT2D eigenvalue weighted by atomic mass is 32.1. The number of rotatable bonds is 3. The monoisotopic (exact) mass is 235 g/mol. The summed E-state index contributed by atoms with van der Waals surface area (Å²) in [6.07, 6.45) is 3.05. The van der Waals surface area contributed by atoms with Crippen molar-refractivity contribution in [1.29, 1.82) is 0 Å². The van der Waals surface area contributed by atoms with Gasteiger partial charge >= 0.3 is 0 Å². The third kappa shape index (κ3) is 2.53. The number of halogens is 1. The Balaban J connectivity index is 2.27. The van der Waals surface area contributed by atoms with Crippen LogP contribution in [0.1, 0.15) is 4.88 Å². The zero-order chi connectivity index (χ0) is 11.4. The van der Waals surface area contributed by atoms with E-state index in [0.717, 1.165) is 16.1 Å². The molecule has 82 valence electrons. The van der Waals surface area contributed by atoms with Crippen LogP contribution in [0.2, 0.25) is 0 Å². The van der Waals surface area contributed by atoms with Gasteiger partial charge in [-0.3, -0.25) is 4.98 Å². The predicted octanol–water partition coefficient (Wildman–Crippen LogP) is 3.11. The molecule has 0 aliphatic heterocycles. The average molecular weight is 235 g/mol. The van der Waals surface area contributed by atoms with E-state index < -0.39 is 12.4 Å². The van der Waals surface area contributed by atoms with Gasteiger partial charge in [-0.1, -0.05) is 6.07 Å². The number of hydrogen-bond acceptors (Lipinski definition) is 3. The normalized spacial score (nSPS) is 11.8. The first kappa shape index (κ1) is 11.0. The Hall–Kier alpha value is -1.52. The van der Waals surface area contributed by atoms with E-state index in [1.165, 1.54) is 17.4 Å². The Kier molecular flexibility index (Phi) is 3.44. The summed E-state index contributed by atoms with van der Waals surface area (Å²) in [4.78, 5) is 4.98. The highest BCUT2D eigenvalue weighted by Crippen LogP contribution is 2.25. The molecule has 0 aliphatic carbocycles. The van der Waals surface area contributed by atoms with Crippen molar-refractivity contribution in [3.63, 3.8) is 0 Å². The molecule has 2 rings (SSSR count). The van der Waals surface area contributed by atoms with Crippen molar-refractivity contribution >= 4 is 17.4 Å². The van der Waals surface area contributed by atoms with E-state index in [0.29, 0.717) is 0 Å². The minimum atomic E-state index is -0.559. The molecule has 0 spiro atoms. The summed E-state index contributed by atoms with van der Waals surface area (Å²) in [5, 5.41) is 10.5. The fourth-order valence-corrected chi connectivity index (χ4v) is 2.14. The Morgan fingerprint density at radius 1 is 1.50 bits per heavy atom. The van der Waals surface area contributed by atoms with Crippen LogP contribution in [-0.4, -0.2) is 16.7 Å². The minimum absolute atomic E-state index is 0.533. The lowest BCUT2D eigenvalue weighted by molar-refractivity contribution is 0.300. The number of hydrogen-bond donors (Lipinski definition) is 1. The number of thiophene rings is 1. The molecule has 0 atom stereocenters. The smallest absolute Gasteiger partial charge is 0.127 e. The molecule has 16 heavy (non-hydrogen) atoms. The Bertz CT molecular complexity index is 493. The van der Waals surface area contributed by atoms with E-state index in [1.54, 1.807) is 6.20 Å². The van der Waals surface area contributed by atoms with E-state index in [-0.39, 0.29) is 0 Å². The van der Waals surface area contributed by atoms with Gasteiger partial charge in [0, 0.05) is 22.0 Å². The van der Waals surface area contributed by atoms with Gasteiger partial charge < -0.3 is 5.11 Å². The highest BCUT2D eigenvalue weighted by Gasteiger charge is 2.02. The van der Waals surface area contributed by atoms with Crippen LogP contribution in [0.15, 0.2) is 41.7 Å². The van der Waals surface area contributed by atoms with Crippen LogP contribution in [0.5, 0.6) is 0 Å². The molecule has 0 amide bonds. The summed E-state index contributed by atoms with van der Waals surface area (Å²) in [6.45, 7) is -0.559. The van der Waals surface area contributed by atoms with Gasteiger partial charge in [-0.2, -0.15) is 0 Å². The molecule has 0 radical (unpaired) electrons. The van der Waals surface area contributed by atoms with E-state index >= 15 is 0 Å². The van der Waals surface area contributed by atoms with Crippen molar-refractivity contribution in [2.24, 2.45) is 0 Å². The fourth-order valence-electron chi connectivity index (χ4n) is 1.30. The molecule has 0 unspecified atom stereocenters. The second-order valence-electron chi connectivity index (χ2n) is 3.20. The summed E-state index contributed by atoms with van der Waals surface area (Å²) < 4.78 is 12.8. The molecule has 1 N–H and O–H groups in total. The van der Waals surface area contributed by atoms with Gasteiger partial charge in [0.2, 0.25) is 0 Å². The van der Waals surface area contributed by atoms with E-state index in [1.807, 2.05) is 29.6 Å². The maximum absolute atomic E-state index is 12.8. The molecular formula is C12H10FNOS. The number of aliphatic hydroxyl groups excluding tert-OH is 1. The molecule has 0 aromatic carbocycles. The van der Waals surface area contributed by atoms with Crippen LogP contribution < -0.4 is 0 Å². The zero-order valence-electron chi connectivity index (χ0n) is 8.43. The van der Waals surface area contributed by atoms with Crippen LogP contribution in [-0.2, 0) is 0 Å². The van der Waals surface area contributed by atoms with E-state index in [2.05, 4.69) is 4.98 Å². The molecule has 0 saturated carbocycles. The zero-order valence-corrected chi connectivity index (χ0v) is 9.25. The van der Waals surface area contributed by atoms with Gasteiger partial charge in [0.1, 0.15) is 5.83 Å². The van der Waals surface area contributed by atoms with E-state index in [9.17, 15) is 4.39 Å². The first-order chi connectivity index (χ1) is 7.79. The second-order valence-corrected chi connectivity index (χ2v) is 4.14. The van der Waals surface area contributed by atoms with Gasteiger partial charge in [0.15, 0.2) is 0 Å². The lowest BCUT2D eigenvalue weighted by Crippen LogP contribution is -1.80. The third-order valence-corrected chi connectivity index (χ3v) is 2.91. The minimum Gasteiger partial charge on any atom is -0.389 e. The molecule has 2 nitrogen and oxygen atoms in total. The van der Waals surface area contributed by atoms with Crippen LogP contribution in [0.25, 0.3) is 17.3 Å². The SMILES string of the molecule is OCC(F)=Cc1cc(-c2ccccn2)cs1. The maximum atomic E-state index is 12.8.